The Morgan fingerprint density at radius 1 is 1.14 bits per heavy atom. The van der Waals surface area contributed by atoms with Crippen LogP contribution in [0.2, 0.25) is 0 Å². The van der Waals surface area contributed by atoms with E-state index in [1.54, 1.807) is 0 Å². The summed E-state index contributed by atoms with van der Waals surface area (Å²) in [6.07, 6.45) is 1.26. The highest BCUT2D eigenvalue weighted by Gasteiger charge is 1.80. The Hall–Kier alpha value is 0.924. The lowest BCUT2D eigenvalue weighted by molar-refractivity contribution is 0.408. The van der Waals surface area contributed by atoms with E-state index in [0.29, 0.717) is 0 Å². The standard InChI is InChI=1S/C5H13N.H10O3Si4.H4Si/c1-4-5-6(2)3;4-1-6-3-7-2-5;/h4-5H2,1-3H3;6-7H2,4-5H3;1H4. The summed E-state index contributed by atoms with van der Waals surface area (Å²) in [5.41, 5.74) is 0. The number of nitrogens with zero attached hydrogens (tertiary/aromatic N) is 1. The average molecular weight is 290 g/mol. The van der Waals surface area contributed by atoms with Gasteiger partial charge in [-0.2, -0.15) is 0 Å². The summed E-state index contributed by atoms with van der Waals surface area (Å²) in [4.78, 5) is 2.18. The lowest BCUT2D eigenvalue weighted by atomic mass is 10.5. The molecule has 0 aliphatic rings. The van der Waals surface area contributed by atoms with Gasteiger partial charge in [0.15, 0.2) is 0 Å². The average Bonchev–Trinajstić information content (AvgIpc) is 2.06. The van der Waals surface area contributed by atoms with Gasteiger partial charge < -0.3 is 17.2 Å². The van der Waals surface area contributed by atoms with Crippen LogP contribution in [0.5, 0.6) is 0 Å². The molecule has 0 aliphatic carbocycles. The van der Waals surface area contributed by atoms with Gasteiger partial charge in [0, 0.05) is 0 Å². The van der Waals surface area contributed by atoms with E-state index >= 15 is 0 Å². The Bertz CT molecular complexity index is 85.8. The predicted molar refractivity (Wildman–Crippen MR) is 80.4 cm³/mol. The van der Waals surface area contributed by atoms with Crippen LogP contribution in [0.3, 0.4) is 0 Å². The first-order valence-electron chi connectivity index (χ1n) is 4.39. The monoisotopic (exact) mass is 289 g/mol. The SMILES string of the molecule is CCCN(C)C.[SiH3]O[SiH2]O[SiH2]O[SiH3].[SiH4]. The lowest BCUT2D eigenvalue weighted by Gasteiger charge is -2.03. The summed E-state index contributed by atoms with van der Waals surface area (Å²) >= 11 is 0. The first-order valence-corrected chi connectivity index (χ1v) is 8.33. The maximum atomic E-state index is 5.03. The summed E-state index contributed by atoms with van der Waals surface area (Å²) in [5.74, 6) is 0. The minimum Gasteiger partial charge on any atom is -0.449 e. The van der Waals surface area contributed by atoms with Gasteiger partial charge in [0.2, 0.25) is 0 Å². The molecule has 0 unspecified atom stereocenters. The van der Waals surface area contributed by atoms with Crippen molar-refractivity contribution < 1.29 is 12.3 Å². The summed E-state index contributed by atoms with van der Waals surface area (Å²) in [5, 5.41) is 0. The Labute approximate surface area is 103 Å². The molecule has 0 fully saturated rings. The fraction of sp³-hybridized carbons (Fsp3) is 1.00. The van der Waals surface area contributed by atoms with Crippen molar-refractivity contribution in [3.63, 3.8) is 0 Å². The zero-order valence-corrected chi connectivity index (χ0v) is 16.3. The van der Waals surface area contributed by atoms with E-state index in [0.717, 1.165) is 21.0 Å². The van der Waals surface area contributed by atoms with Crippen molar-refractivity contribution in [2.75, 3.05) is 20.6 Å². The number of hydrogen-bond donors (Lipinski definition) is 0. The second-order valence-electron chi connectivity index (χ2n) is 2.82. The van der Waals surface area contributed by atoms with Gasteiger partial charge in [-0.1, -0.05) is 6.92 Å². The van der Waals surface area contributed by atoms with Crippen LogP contribution in [0, 0.1) is 0 Å². The van der Waals surface area contributed by atoms with Gasteiger partial charge in [-0.05, 0) is 38.0 Å². The van der Waals surface area contributed by atoms with E-state index in [1.165, 1.54) is 13.0 Å². The van der Waals surface area contributed by atoms with Crippen LogP contribution >= 0.6 is 0 Å². The molecule has 0 aromatic rings. The molecule has 0 aromatic heterocycles. The molecule has 14 heavy (non-hydrogen) atoms. The van der Waals surface area contributed by atoms with E-state index < -0.39 is 20.0 Å². The second kappa shape index (κ2) is 19.5. The Morgan fingerprint density at radius 2 is 1.57 bits per heavy atom. The van der Waals surface area contributed by atoms with E-state index in [-0.39, 0.29) is 11.0 Å². The summed E-state index contributed by atoms with van der Waals surface area (Å²) in [6, 6.07) is 0. The summed E-state index contributed by atoms with van der Waals surface area (Å²) in [6.45, 7) is 3.39. The summed E-state index contributed by atoms with van der Waals surface area (Å²) in [7, 11) is 4.68. The van der Waals surface area contributed by atoms with Crippen molar-refractivity contribution in [3.8, 4) is 0 Å². The fourth-order valence-electron chi connectivity index (χ4n) is 0.648. The van der Waals surface area contributed by atoms with Crippen LogP contribution in [0.15, 0.2) is 0 Å². The third-order valence-corrected chi connectivity index (χ3v) is 4.29. The number of rotatable bonds is 6. The van der Waals surface area contributed by atoms with Crippen molar-refractivity contribution in [3.05, 3.63) is 0 Å². The third-order valence-electron chi connectivity index (χ3n) is 1.07. The van der Waals surface area contributed by atoms with Gasteiger partial charge in [-0.25, -0.2) is 0 Å². The molecule has 0 radical (unpaired) electrons. The Morgan fingerprint density at radius 3 is 1.71 bits per heavy atom. The van der Waals surface area contributed by atoms with Gasteiger partial charge in [-0.15, -0.1) is 0 Å². The van der Waals surface area contributed by atoms with Crippen molar-refractivity contribution in [2.45, 2.75) is 13.3 Å². The molecule has 0 saturated heterocycles. The van der Waals surface area contributed by atoms with Crippen LogP contribution in [0.25, 0.3) is 0 Å². The van der Waals surface area contributed by atoms with Crippen LogP contribution < -0.4 is 0 Å². The van der Waals surface area contributed by atoms with Gasteiger partial charge in [0.05, 0.1) is 0 Å². The van der Waals surface area contributed by atoms with Crippen LogP contribution in [0.1, 0.15) is 13.3 Å². The molecule has 0 N–H and O–H groups in total. The van der Waals surface area contributed by atoms with Crippen LogP contribution in [-0.4, -0.2) is 77.5 Å². The largest absolute Gasteiger partial charge is 0.449 e. The molecular weight excluding hydrogens is 262 g/mol. The molecule has 0 rings (SSSR count). The van der Waals surface area contributed by atoms with E-state index in [1.807, 2.05) is 0 Å². The molecule has 0 aliphatic heterocycles. The highest BCUT2D eigenvalue weighted by molar-refractivity contribution is 6.40. The fourth-order valence-corrected chi connectivity index (χ4v) is 5.25. The zero-order valence-electron chi connectivity index (χ0n) is 9.50. The molecule has 0 amide bonds. The van der Waals surface area contributed by atoms with E-state index in [4.69, 9.17) is 12.3 Å². The van der Waals surface area contributed by atoms with Crippen molar-refractivity contribution >= 4 is 52.0 Å². The molecule has 0 saturated carbocycles. The van der Waals surface area contributed by atoms with Gasteiger partial charge >= 0.3 is 0 Å². The molecule has 0 aromatic carbocycles. The van der Waals surface area contributed by atoms with Gasteiger partial charge in [-0.3, -0.25) is 0 Å². The van der Waals surface area contributed by atoms with Gasteiger partial charge in [0.1, 0.15) is 21.0 Å². The van der Waals surface area contributed by atoms with Crippen LogP contribution in [0.4, 0.5) is 0 Å². The first-order chi connectivity index (χ1) is 6.18. The highest BCUT2D eigenvalue weighted by atomic mass is 28.4. The zero-order chi connectivity index (χ0) is 10.5. The second-order valence-corrected chi connectivity index (χ2v) is 9.54. The predicted octanol–water partition coefficient (Wildman–Crippen LogP) is -4.90. The van der Waals surface area contributed by atoms with E-state index in [9.17, 15) is 0 Å². The number of hydrogen-bond acceptors (Lipinski definition) is 4. The summed E-state index contributed by atoms with van der Waals surface area (Å²) < 4.78 is 14.8. The Balaban J connectivity index is -0.000000163. The molecule has 0 bridgehead atoms. The molecule has 0 spiro atoms. The molecule has 0 heterocycles. The Kier molecular flexibility index (Phi) is 28.3. The third kappa shape index (κ3) is 29.3. The van der Waals surface area contributed by atoms with Crippen molar-refractivity contribution in [2.24, 2.45) is 0 Å². The minimum atomic E-state index is -0.569. The van der Waals surface area contributed by atoms with Crippen molar-refractivity contribution in [1.29, 1.82) is 0 Å². The molecule has 4 nitrogen and oxygen atoms in total. The smallest absolute Gasteiger partial charge is 0.284 e. The molecule has 90 valence electrons. The molecule has 9 heteroatoms. The lowest BCUT2D eigenvalue weighted by Crippen LogP contribution is -2.11. The maximum Gasteiger partial charge on any atom is 0.284 e. The minimum absolute atomic E-state index is 0. The molecule has 0 atom stereocenters. The normalized spacial score (nSPS) is 11.1. The first kappa shape index (κ1) is 20.4. The van der Waals surface area contributed by atoms with E-state index in [2.05, 4.69) is 25.9 Å². The van der Waals surface area contributed by atoms with Gasteiger partial charge in [0.25, 0.3) is 20.0 Å². The van der Waals surface area contributed by atoms with Crippen molar-refractivity contribution in [1.82, 2.24) is 4.90 Å². The topological polar surface area (TPSA) is 30.9 Å². The van der Waals surface area contributed by atoms with Crippen LogP contribution in [-0.2, 0) is 12.3 Å². The maximum absolute atomic E-state index is 5.03. The molecular formula is C5H27NO3Si5. The highest BCUT2D eigenvalue weighted by Crippen LogP contribution is 1.76. The quantitative estimate of drug-likeness (QED) is 0.362.